The van der Waals surface area contributed by atoms with Gasteiger partial charge in [0.1, 0.15) is 0 Å². The average Bonchev–Trinajstić information content (AvgIpc) is 2.20. The van der Waals surface area contributed by atoms with Crippen LogP contribution in [0.2, 0.25) is 0 Å². The standard InChI is InChI=1S/C13H29N/c1-4-6-9-13(3)10-8-12-14-11-7-5-2/h13-14H,4-12H2,1-3H3. The zero-order valence-electron chi connectivity index (χ0n) is 10.4. The molecule has 0 heterocycles. The van der Waals surface area contributed by atoms with Gasteiger partial charge in [0.15, 0.2) is 0 Å². The minimum absolute atomic E-state index is 0.933. The summed E-state index contributed by atoms with van der Waals surface area (Å²) < 4.78 is 0. The van der Waals surface area contributed by atoms with Crippen LogP contribution in [0.15, 0.2) is 0 Å². The maximum Gasteiger partial charge on any atom is -0.00488 e. The predicted molar refractivity (Wildman–Crippen MR) is 65.7 cm³/mol. The highest BCUT2D eigenvalue weighted by Crippen LogP contribution is 2.12. The van der Waals surface area contributed by atoms with Gasteiger partial charge in [0.2, 0.25) is 0 Å². The predicted octanol–water partition coefficient (Wildman–Crippen LogP) is 3.98. The third-order valence-corrected chi connectivity index (χ3v) is 2.81. The van der Waals surface area contributed by atoms with E-state index in [0.717, 1.165) is 5.92 Å². The molecule has 0 aliphatic heterocycles. The monoisotopic (exact) mass is 199 g/mol. The molecule has 86 valence electrons. The summed E-state index contributed by atoms with van der Waals surface area (Å²) >= 11 is 0. The molecule has 0 aromatic heterocycles. The number of rotatable bonds is 10. The molecule has 0 saturated carbocycles. The van der Waals surface area contributed by atoms with Crippen LogP contribution in [0.5, 0.6) is 0 Å². The Kier molecular flexibility index (Phi) is 11.0. The molecule has 0 amide bonds. The summed E-state index contributed by atoms with van der Waals surface area (Å²) in [6, 6.07) is 0. The molecule has 0 radical (unpaired) electrons. The molecule has 1 nitrogen and oxygen atoms in total. The average molecular weight is 199 g/mol. The van der Waals surface area contributed by atoms with Gasteiger partial charge in [0.25, 0.3) is 0 Å². The maximum absolute atomic E-state index is 3.50. The van der Waals surface area contributed by atoms with Crippen LogP contribution in [0.25, 0.3) is 0 Å². The van der Waals surface area contributed by atoms with Crippen molar-refractivity contribution in [3.8, 4) is 0 Å². The lowest BCUT2D eigenvalue weighted by molar-refractivity contribution is 0.447. The third-order valence-electron chi connectivity index (χ3n) is 2.81. The first-order valence-corrected chi connectivity index (χ1v) is 6.52. The molecule has 0 saturated heterocycles. The highest BCUT2D eigenvalue weighted by Gasteiger charge is 2.00. The van der Waals surface area contributed by atoms with E-state index >= 15 is 0 Å². The summed E-state index contributed by atoms with van der Waals surface area (Å²) in [6.07, 6.45) is 9.56. The van der Waals surface area contributed by atoms with Crippen LogP contribution in [0, 0.1) is 5.92 Å². The highest BCUT2D eigenvalue weighted by molar-refractivity contribution is 4.55. The van der Waals surface area contributed by atoms with Crippen molar-refractivity contribution in [1.82, 2.24) is 5.32 Å². The first-order valence-electron chi connectivity index (χ1n) is 6.52. The fourth-order valence-corrected chi connectivity index (χ4v) is 1.70. The van der Waals surface area contributed by atoms with Crippen LogP contribution in [0.4, 0.5) is 0 Å². The Morgan fingerprint density at radius 3 is 2.07 bits per heavy atom. The van der Waals surface area contributed by atoms with Crippen LogP contribution in [-0.4, -0.2) is 13.1 Å². The lowest BCUT2D eigenvalue weighted by Crippen LogP contribution is -2.17. The summed E-state index contributed by atoms with van der Waals surface area (Å²) in [5.41, 5.74) is 0. The Balaban J connectivity index is 3.02. The largest absolute Gasteiger partial charge is 0.317 e. The summed E-state index contributed by atoms with van der Waals surface area (Å²) in [5.74, 6) is 0.933. The number of hydrogen-bond donors (Lipinski definition) is 1. The van der Waals surface area contributed by atoms with Crippen LogP contribution in [-0.2, 0) is 0 Å². The molecule has 0 aromatic rings. The van der Waals surface area contributed by atoms with Crippen molar-refractivity contribution < 1.29 is 0 Å². The second-order valence-electron chi connectivity index (χ2n) is 4.49. The van der Waals surface area contributed by atoms with E-state index in [9.17, 15) is 0 Å². The van der Waals surface area contributed by atoms with Gasteiger partial charge in [-0.15, -0.1) is 0 Å². The van der Waals surface area contributed by atoms with E-state index in [1.54, 1.807) is 0 Å². The second kappa shape index (κ2) is 11.0. The molecule has 0 aliphatic rings. The van der Waals surface area contributed by atoms with E-state index in [1.807, 2.05) is 0 Å². The SMILES string of the molecule is CCCCNCCCC(C)CCCC. The Morgan fingerprint density at radius 1 is 0.857 bits per heavy atom. The minimum atomic E-state index is 0.933. The lowest BCUT2D eigenvalue weighted by Gasteiger charge is -2.10. The molecule has 1 unspecified atom stereocenters. The first kappa shape index (κ1) is 14.0. The van der Waals surface area contributed by atoms with Gasteiger partial charge < -0.3 is 5.32 Å². The fourth-order valence-electron chi connectivity index (χ4n) is 1.70. The van der Waals surface area contributed by atoms with Gasteiger partial charge in [-0.05, 0) is 38.3 Å². The van der Waals surface area contributed by atoms with E-state index in [2.05, 4.69) is 26.1 Å². The van der Waals surface area contributed by atoms with Crippen molar-refractivity contribution in [3.05, 3.63) is 0 Å². The van der Waals surface area contributed by atoms with Gasteiger partial charge in [-0.25, -0.2) is 0 Å². The van der Waals surface area contributed by atoms with Crippen LogP contribution < -0.4 is 5.32 Å². The number of hydrogen-bond acceptors (Lipinski definition) is 1. The van der Waals surface area contributed by atoms with E-state index in [0.29, 0.717) is 0 Å². The van der Waals surface area contributed by atoms with Gasteiger partial charge in [-0.3, -0.25) is 0 Å². The summed E-state index contributed by atoms with van der Waals surface area (Å²) in [5, 5.41) is 3.50. The quantitative estimate of drug-likeness (QED) is 0.525. The Bertz CT molecular complexity index is 101. The van der Waals surface area contributed by atoms with Gasteiger partial charge in [-0.1, -0.05) is 46.5 Å². The smallest absolute Gasteiger partial charge is 0.00488 e. The van der Waals surface area contributed by atoms with Gasteiger partial charge >= 0.3 is 0 Å². The molecule has 0 spiro atoms. The van der Waals surface area contributed by atoms with Gasteiger partial charge in [-0.2, -0.15) is 0 Å². The summed E-state index contributed by atoms with van der Waals surface area (Å²) in [4.78, 5) is 0. The molecule has 1 heteroatoms. The van der Waals surface area contributed by atoms with Crippen molar-refractivity contribution >= 4 is 0 Å². The third kappa shape index (κ3) is 10.0. The van der Waals surface area contributed by atoms with Crippen molar-refractivity contribution in [1.29, 1.82) is 0 Å². The van der Waals surface area contributed by atoms with E-state index in [4.69, 9.17) is 0 Å². The zero-order chi connectivity index (χ0) is 10.6. The van der Waals surface area contributed by atoms with Crippen LogP contribution in [0.1, 0.15) is 65.7 Å². The van der Waals surface area contributed by atoms with Crippen molar-refractivity contribution in [2.45, 2.75) is 65.7 Å². The molecule has 0 fully saturated rings. The molecule has 1 atom stereocenters. The molecule has 0 bridgehead atoms. The van der Waals surface area contributed by atoms with E-state index in [-0.39, 0.29) is 0 Å². The van der Waals surface area contributed by atoms with Gasteiger partial charge in [0.05, 0.1) is 0 Å². The Morgan fingerprint density at radius 2 is 1.43 bits per heavy atom. The van der Waals surface area contributed by atoms with Crippen molar-refractivity contribution in [2.75, 3.05) is 13.1 Å². The fraction of sp³-hybridized carbons (Fsp3) is 1.00. The lowest BCUT2D eigenvalue weighted by atomic mass is 9.99. The molecular weight excluding hydrogens is 170 g/mol. The van der Waals surface area contributed by atoms with E-state index < -0.39 is 0 Å². The molecule has 0 aromatic carbocycles. The van der Waals surface area contributed by atoms with Gasteiger partial charge in [0, 0.05) is 0 Å². The molecule has 1 N–H and O–H groups in total. The first-order chi connectivity index (χ1) is 6.81. The van der Waals surface area contributed by atoms with E-state index in [1.165, 1.54) is 58.0 Å². The number of nitrogens with one attached hydrogen (secondary N) is 1. The number of unbranched alkanes of at least 4 members (excludes halogenated alkanes) is 2. The highest BCUT2D eigenvalue weighted by atomic mass is 14.8. The van der Waals surface area contributed by atoms with Crippen molar-refractivity contribution in [2.24, 2.45) is 5.92 Å². The van der Waals surface area contributed by atoms with Crippen molar-refractivity contribution in [3.63, 3.8) is 0 Å². The summed E-state index contributed by atoms with van der Waals surface area (Å²) in [6.45, 7) is 9.34. The van der Waals surface area contributed by atoms with Crippen LogP contribution >= 0.6 is 0 Å². The molecule has 0 rings (SSSR count). The van der Waals surface area contributed by atoms with Crippen LogP contribution in [0.3, 0.4) is 0 Å². The molecule has 14 heavy (non-hydrogen) atoms. The zero-order valence-corrected chi connectivity index (χ0v) is 10.4. The molecule has 0 aliphatic carbocycles. The minimum Gasteiger partial charge on any atom is -0.317 e. The topological polar surface area (TPSA) is 12.0 Å². The Hall–Kier alpha value is -0.0400. The molecular formula is C13H29N. The normalized spacial score (nSPS) is 13.1. The summed E-state index contributed by atoms with van der Waals surface area (Å²) in [7, 11) is 0. The second-order valence-corrected chi connectivity index (χ2v) is 4.49. The Labute approximate surface area is 90.7 Å². The maximum atomic E-state index is 3.50.